The van der Waals surface area contributed by atoms with Gasteiger partial charge in [-0.3, -0.25) is 9.59 Å². The summed E-state index contributed by atoms with van der Waals surface area (Å²) in [5.41, 5.74) is 0.725. The lowest BCUT2D eigenvalue weighted by molar-refractivity contribution is -0.116. The number of nitrogens with zero attached hydrogens (tertiary/aromatic N) is 1. The molecule has 0 unspecified atom stereocenters. The number of hydrogen-bond donors (Lipinski definition) is 1. The van der Waals surface area contributed by atoms with Gasteiger partial charge < -0.3 is 10.2 Å². The largest absolute Gasteiger partial charge is 0.350 e. The Labute approximate surface area is 149 Å². The Balaban J connectivity index is 2.02. The number of anilines is 1. The Kier molecular flexibility index (Phi) is 6.17. The van der Waals surface area contributed by atoms with Crippen LogP contribution in [0.4, 0.5) is 10.1 Å². The van der Waals surface area contributed by atoms with Gasteiger partial charge in [-0.25, -0.2) is 4.39 Å². The summed E-state index contributed by atoms with van der Waals surface area (Å²) >= 11 is 12.0. The molecule has 2 amide bonds. The molecule has 0 radical (unpaired) electrons. The van der Waals surface area contributed by atoms with Crippen molar-refractivity contribution in [3.63, 3.8) is 0 Å². The molecule has 1 N–H and O–H groups in total. The molecule has 0 atom stereocenters. The molecule has 7 heteroatoms. The van der Waals surface area contributed by atoms with Crippen LogP contribution >= 0.6 is 23.2 Å². The van der Waals surface area contributed by atoms with Gasteiger partial charge in [0.25, 0.3) is 5.91 Å². The lowest BCUT2D eigenvalue weighted by Gasteiger charge is -2.22. The average molecular weight is 369 g/mol. The third-order valence-electron chi connectivity index (χ3n) is 3.29. The minimum Gasteiger partial charge on any atom is -0.350 e. The van der Waals surface area contributed by atoms with Gasteiger partial charge in [0.2, 0.25) is 5.91 Å². The monoisotopic (exact) mass is 368 g/mol. The van der Waals surface area contributed by atoms with Crippen LogP contribution in [-0.2, 0) is 4.79 Å². The smallest absolute Gasteiger partial charge is 0.251 e. The summed E-state index contributed by atoms with van der Waals surface area (Å²) in [6.45, 7) is 1.81. The Hall–Kier alpha value is -2.11. The highest BCUT2D eigenvalue weighted by Gasteiger charge is 2.15. The third kappa shape index (κ3) is 4.69. The highest BCUT2D eigenvalue weighted by atomic mass is 35.5. The van der Waals surface area contributed by atoms with Crippen molar-refractivity contribution in [3.05, 3.63) is 63.9 Å². The fraction of sp³-hybridized carbons (Fsp3) is 0.176. The predicted octanol–water partition coefficient (Wildman–Crippen LogP) is 3.92. The molecule has 2 aromatic rings. The van der Waals surface area contributed by atoms with E-state index in [2.05, 4.69) is 5.32 Å². The molecule has 0 bridgehead atoms. The van der Waals surface area contributed by atoms with Gasteiger partial charge in [-0.2, -0.15) is 0 Å². The van der Waals surface area contributed by atoms with Crippen molar-refractivity contribution in [3.8, 4) is 0 Å². The number of amides is 2. The van der Waals surface area contributed by atoms with Gasteiger partial charge in [0.1, 0.15) is 5.82 Å². The molecule has 24 heavy (non-hydrogen) atoms. The summed E-state index contributed by atoms with van der Waals surface area (Å²) in [5.74, 6) is -1.12. The number of hydrogen-bond acceptors (Lipinski definition) is 2. The molecule has 0 saturated carbocycles. The normalized spacial score (nSPS) is 10.3. The van der Waals surface area contributed by atoms with Crippen LogP contribution in [0.1, 0.15) is 17.3 Å². The fourth-order valence-electron chi connectivity index (χ4n) is 2.16. The van der Waals surface area contributed by atoms with Gasteiger partial charge in [-0.15, -0.1) is 0 Å². The summed E-state index contributed by atoms with van der Waals surface area (Å²) in [7, 11) is 0. The first kappa shape index (κ1) is 18.2. The van der Waals surface area contributed by atoms with E-state index >= 15 is 0 Å². The number of benzene rings is 2. The van der Waals surface area contributed by atoms with Crippen LogP contribution in [0.15, 0.2) is 42.5 Å². The van der Waals surface area contributed by atoms with Crippen LogP contribution in [0.3, 0.4) is 0 Å². The molecule has 126 valence electrons. The second-order valence-electron chi connectivity index (χ2n) is 5.03. The fourth-order valence-corrected chi connectivity index (χ4v) is 2.67. The summed E-state index contributed by atoms with van der Waals surface area (Å²) in [5, 5.41) is 3.45. The third-order valence-corrected chi connectivity index (χ3v) is 3.83. The molecule has 0 aromatic heterocycles. The van der Waals surface area contributed by atoms with Crippen molar-refractivity contribution in [1.82, 2.24) is 5.32 Å². The maximum atomic E-state index is 13.1. The van der Waals surface area contributed by atoms with Crippen molar-refractivity contribution in [1.29, 1.82) is 0 Å². The first-order valence-electron chi connectivity index (χ1n) is 7.15. The molecule has 0 saturated heterocycles. The van der Waals surface area contributed by atoms with Gasteiger partial charge >= 0.3 is 0 Å². The quantitative estimate of drug-likeness (QED) is 0.869. The van der Waals surface area contributed by atoms with E-state index in [-0.39, 0.29) is 24.6 Å². The molecule has 0 aliphatic heterocycles. The lowest BCUT2D eigenvalue weighted by Crippen LogP contribution is -2.37. The van der Waals surface area contributed by atoms with Gasteiger partial charge in [0, 0.05) is 30.6 Å². The highest BCUT2D eigenvalue weighted by molar-refractivity contribution is 6.36. The van der Waals surface area contributed by atoms with E-state index in [4.69, 9.17) is 23.2 Å². The Morgan fingerprint density at radius 2 is 1.92 bits per heavy atom. The van der Waals surface area contributed by atoms with E-state index < -0.39 is 11.7 Å². The molecule has 2 aromatic carbocycles. The number of rotatable bonds is 5. The molecule has 0 fully saturated rings. The van der Waals surface area contributed by atoms with Crippen LogP contribution in [0.2, 0.25) is 10.0 Å². The molecule has 0 aliphatic rings. The van der Waals surface area contributed by atoms with Gasteiger partial charge in [-0.1, -0.05) is 29.3 Å². The number of halogens is 3. The standard InChI is InChI=1S/C17H15Cl2FN2O2/c1-11(23)22(16-6-5-13(18)10-15(16)19)8-7-21-17(24)12-3-2-4-14(20)9-12/h2-6,9-10H,7-8H2,1H3,(H,21,24). The second kappa shape index (κ2) is 8.13. The Morgan fingerprint density at radius 1 is 1.17 bits per heavy atom. The molecular formula is C17H15Cl2FN2O2. The van der Waals surface area contributed by atoms with E-state index in [1.807, 2.05) is 0 Å². The first-order valence-corrected chi connectivity index (χ1v) is 7.91. The summed E-state index contributed by atoms with van der Waals surface area (Å²) in [4.78, 5) is 25.3. The number of carbonyl (C=O) groups excluding carboxylic acids is 2. The zero-order valence-electron chi connectivity index (χ0n) is 12.9. The SMILES string of the molecule is CC(=O)N(CCNC(=O)c1cccc(F)c1)c1ccc(Cl)cc1Cl. The summed E-state index contributed by atoms with van der Waals surface area (Å²) < 4.78 is 13.1. The van der Waals surface area contributed by atoms with E-state index in [1.165, 1.54) is 30.0 Å². The molecule has 0 spiro atoms. The zero-order chi connectivity index (χ0) is 17.7. The van der Waals surface area contributed by atoms with Crippen LogP contribution in [0.25, 0.3) is 0 Å². The lowest BCUT2D eigenvalue weighted by atomic mass is 10.2. The van der Waals surface area contributed by atoms with Crippen LogP contribution < -0.4 is 10.2 Å². The second-order valence-corrected chi connectivity index (χ2v) is 5.88. The van der Waals surface area contributed by atoms with Gasteiger partial charge in [0.05, 0.1) is 10.7 Å². The maximum absolute atomic E-state index is 13.1. The van der Waals surface area contributed by atoms with Crippen LogP contribution in [-0.4, -0.2) is 24.9 Å². The minimum atomic E-state index is -0.485. The molecule has 0 aliphatic carbocycles. The Bertz CT molecular complexity index is 768. The highest BCUT2D eigenvalue weighted by Crippen LogP contribution is 2.28. The number of nitrogens with one attached hydrogen (secondary N) is 1. The topological polar surface area (TPSA) is 49.4 Å². The molecular weight excluding hydrogens is 354 g/mol. The van der Waals surface area contributed by atoms with Crippen molar-refractivity contribution in [2.45, 2.75) is 6.92 Å². The zero-order valence-corrected chi connectivity index (χ0v) is 14.4. The van der Waals surface area contributed by atoms with Gasteiger partial charge in [-0.05, 0) is 36.4 Å². The summed E-state index contributed by atoms with van der Waals surface area (Å²) in [6.07, 6.45) is 0. The van der Waals surface area contributed by atoms with Crippen LogP contribution in [0, 0.1) is 5.82 Å². The number of carbonyl (C=O) groups is 2. The minimum absolute atomic E-state index is 0.188. The maximum Gasteiger partial charge on any atom is 0.251 e. The van der Waals surface area contributed by atoms with Gasteiger partial charge in [0.15, 0.2) is 0 Å². The van der Waals surface area contributed by atoms with Crippen molar-refractivity contribution in [2.24, 2.45) is 0 Å². The summed E-state index contributed by atoms with van der Waals surface area (Å²) in [6, 6.07) is 10.2. The van der Waals surface area contributed by atoms with Crippen molar-refractivity contribution in [2.75, 3.05) is 18.0 Å². The van der Waals surface area contributed by atoms with E-state index in [9.17, 15) is 14.0 Å². The van der Waals surface area contributed by atoms with E-state index in [0.717, 1.165) is 6.07 Å². The molecule has 4 nitrogen and oxygen atoms in total. The molecule has 0 heterocycles. The molecule has 2 rings (SSSR count). The predicted molar refractivity (Wildman–Crippen MR) is 93.2 cm³/mol. The van der Waals surface area contributed by atoms with Crippen molar-refractivity contribution < 1.29 is 14.0 Å². The van der Waals surface area contributed by atoms with E-state index in [1.54, 1.807) is 18.2 Å². The van der Waals surface area contributed by atoms with E-state index in [0.29, 0.717) is 15.7 Å². The average Bonchev–Trinajstić information content (AvgIpc) is 2.52. The Morgan fingerprint density at radius 3 is 2.54 bits per heavy atom. The van der Waals surface area contributed by atoms with Crippen LogP contribution in [0.5, 0.6) is 0 Å². The van der Waals surface area contributed by atoms with Crippen molar-refractivity contribution >= 4 is 40.7 Å². The first-order chi connectivity index (χ1) is 11.4.